The van der Waals surface area contributed by atoms with Gasteiger partial charge in [0.05, 0.1) is 14.9 Å². The largest absolute Gasteiger partial charge is 3.00 e. The Hall–Kier alpha value is -0.0935. The van der Waals surface area contributed by atoms with E-state index in [1.165, 1.54) is 0 Å². The predicted octanol–water partition coefficient (Wildman–Crippen LogP) is -3.89. The van der Waals surface area contributed by atoms with Crippen LogP contribution in [0.5, 0.6) is 0 Å². The van der Waals surface area contributed by atoms with Crippen LogP contribution in [0.4, 0.5) is 0 Å². The van der Waals surface area contributed by atoms with E-state index < -0.39 is 22.8 Å². The Bertz CT molecular complexity index is 204. The molecule has 5 N–H and O–H groups in total. The monoisotopic (exact) mass is 375 g/mol. The summed E-state index contributed by atoms with van der Waals surface area (Å²) in [6.45, 7) is 2.60. The van der Waals surface area contributed by atoms with E-state index in [9.17, 15) is 0 Å². The molecule has 0 amide bonds. The normalized spacial score (nSPS) is 9.76. The van der Waals surface area contributed by atoms with Gasteiger partial charge in [-0.3, -0.25) is 0 Å². The fourth-order valence-corrected chi connectivity index (χ4v) is 0.810. The topological polar surface area (TPSA) is 228 Å². The number of nitrogens with one attached hydrogen (secondary N) is 4. The van der Waals surface area contributed by atoms with Crippen LogP contribution in [0.25, 0.3) is 22.9 Å². The Labute approximate surface area is 135 Å². The minimum atomic E-state index is -4.69. The van der Waals surface area contributed by atoms with Crippen molar-refractivity contribution in [1.29, 1.82) is 0 Å². The molecule has 0 radical (unpaired) electrons. The third-order valence-electron chi connectivity index (χ3n) is 1.43. The average molecular weight is 376 g/mol. The van der Waals surface area contributed by atoms with E-state index in [0.29, 0.717) is 39.3 Å². The van der Waals surface area contributed by atoms with Gasteiger partial charge in [0.25, 0.3) is 0 Å². The van der Waals surface area contributed by atoms with Crippen LogP contribution in [0.2, 0.25) is 0 Å². The molecular formula is C8H19ClCoN5O6-2. The Kier molecular flexibility index (Phi) is 27.5. The molecule has 0 aromatic rings. The summed E-state index contributed by atoms with van der Waals surface area (Å²) in [5, 5.41) is 9.07. The van der Waals surface area contributed by atoms with Crippen molar-refractivity contribution in [2.45, 2.75) is 0 Å². The van der Waals surface area contributed by atoms with Crippen LogP contribution in [-0.4, -0.2) is 61.3 Å². The van der Waals surface area contributed by atoms with Crippen LogP contribution in [0.1, 0.15) is 0 Å². The van der Waals surface area contributed by atoms with E-state index in [0.717, 1.165) is 0 Å². The first-order valence-corrected chi connectivity index (χ1v) is 6.52. The molecule has 0 heterocycles. The summed E-state index contributed by atoms with van der Waals surface area (Å²) in [5.41, 5.74) is 26.8. The molecule has 0 saturated heterocycles. The Morgan fingerprint density at radius 1 is 0.952 bits per heavy atom. The summed E-state index contributed by atoms with van der Waals surface area (Å²) in [6.07, 6.45) is 0. The average Bonchev–Trinajstić information content (AvgIpc) is 2.28. The molecule has 0 aliphatic heterocycles. The maximum atomic E-state index is 9.07. The van der Waals surface area contributed by atoms with Crippen LogP contribution in [-0.2, 0) is 21.6 Å². The van der Waals surface area contributed by atoms with Gasteiger partial charge in [-0.05, 0) is 19.6 Å². The van der Waals surface area contributed by atoms with Crippen molar-refractivity contribution in [3.63, 3.8) is 0 Å². The van der Waals surface area contributed by atoms with Crippen molar-refractivity contribution in [1.82, 2.24) is 4.90 Å². The van der Waals surface area contributed by atoms with Crippen molar-refractivity contribution in [3.05, 3.63) is 22.9 Å². The van der Waals surface area contributed by atoms with Gasteiger partial charge >= 0.3 is 16.8 Å². The minimum absolute atomic E-state index is 0. The number of rotatable bonds is 7. The van der Waals surface area contributed by atoms with Gasteiger partial charge in [-0.25, -0.2) is 0 Å². The molecule has 0 atom stereocenters. The van der Waals surface area contributed by atoms with Gasteiger partial charge in [-0.2, -0.15) is 14.0 Å². The molecule has 13 heteroatoms. The molecule has 0 aliphatic rings. The number of carbonyl (C=O) groups is 1. The molecular weight excluding hydrogens is 357 g/mol. The third kappa shape index (κ3) is 53.7. The number of aliphatic carboxylic acids is 1. The zero-order chi connectivity index (χ0) is 16.6. The molecule has 0 saturated carbocycles. The zero-order valence-electron chi connectivity index (χ0n) is 11.1. The van der Waals surface area contributed by atoms with Gasteiger partial charge in [0.2, 0.25) is 0 Å². The van der Waals surface area contributed by atoms with E-state index in [4.69, 9.17) is 51.5 Å². The SMILES string of the molecule is [Co+3].[NH-]CC(=O)[O-].[NH-]CCN(CC[NH-])CC[NH-].[O-][Cl+3]([O-])([O-])O. The second-order valence-electron chi connectivity index (χ2n) is 3.04. The number of carboxylic acids is 1. The summed E-state index contributed by atoms with van der Waals surface area (Å²) in [6, 6.07) is 0. The number of carbonyl (C=O) groups excluding carboxylic acids is 1. The van der Waals surface area contributed by atoms with Crippen LogP contribution < -0.4 is 19.1 Å². The fraction of sp³-hybridized carbons (Fsp3) is 0.875. The Balaban J connectivity index is -0.000000112. The number of halogens is 1. The zero-order valence-corrected chi connectivity index (χ0v) is 12.9. The predicted molar refractivity (Wildman–Crippen MR) is 60.4 cm³/mol. The molecule has 0 aromatic heterocycles. The number of hydrogen-bond acceptors (Lipinski definition) is 7. The minimum Gasteiger partial charge on any atom is -0.676 e. The van der Waals surface area contributed by atoms with E-state index >= 15 is 0 Å². The number of carboxylic acid groups (broad SMARTS) is 1. The quantitative estimate of drug-likeness (QED) is 0.464. The molecule has 21 heavy (non-hydrogen) atoms. The van der Waals surface area contributed by atoms with E-state index in [1.807, 2.05) is 4.90 Å². The van der Waals surface area contributed by atoms with Gasteiger partial charge in [0.1, 0.15) is 0 Å². The van der Waals surface area contributed by atoms with Crippen molar-refractivity contribution in [2.24, 2.45) is 0 Å². The Morgan fingerprint density at radius 2 is 1.14 bits per heavy atom. The van der Waals surface area contributed by atoms with Gasteiger partial charge in [-0.15, -0.1) is 26.2 Å². The maximum Gasteiger partial charge on any atom is 3.00 e. The molecule has 0 fully saturated rings. The molecule has 0 bridgehead atoms. The van der Waals surface area contributed by atoms with Crippen molar-refractivity contribution >= 4 is 5.97 Å². The van der Waals surface area contributed by atoms with Crippen molar-refractivity contribution < 1.29 is 55.6 Å². The van der Waals surface area contributed by atoms with Gasteiger partial charge in [0.15, 0.2) is 0 Å². The summed E-state index contributed by atoms with van der Waals surface area (Å²) in [5.74, 6) is -1.33. The molecule has 0 unspecified atom stereocenters. The first-order valence-electron chi connectivity index (χ1n) is 5.26. The number of nitrogens with zero attached hydrogens (tertiary/aromatic N) is 1. The first kappa shape index (κ1) is 29.0. The summed E-state index contributed by atoms with van der Waals surface area (Å²) in [7, 11) is -4.69. The van der Waals surface area contributed by atoms with Crippen LogP contribution >= 0.6 is 0 Å². The first-order chi connectivity index (χ1) is 9.12. The van der Waals surface area contributed by atoms with Crippen LogP contribution in [0.3, 0.4) is 0 Å². The molecule has 11 nitrogen and oxygen atoms in total. The van der Waals surface area contributed by atoms with Crippen molar-refractivity contribution in [3.8, 4) is 0 Å². The van der Waals surface area contributed by atoms with E-state index in [-0.39, 0.29) is 16.8 Å². The van der Waals surface area contributed by atoms with Crippen molar-refractivity contribution in [2.75, 3.05) is 45.8 Å². The van der Waals surface area contributed by atoms with E-state index in [1.54, 1.807) is 0 Å². The number of hydrogen-bond donors (Lipinski definition) is 1. The van der Waals surface area contributed by atoms with Gasteiger partial charge in [0, 0.05) is 5.97 Å². The summed E-state index contributed by atoms with van der Waals surface area (Å²) in [4.78, 5) is 11.0. The maximum absolute atomic E-state index is 9.07. The second-order valence-corrected chi connectivity index (χ2v) is 3.83. The van der Waals surface area contributed by atoms with Gasteiger partial charge in [-0.1, -0.05) is 0 Å². The van der Waals surface area contributed by atoms with Crippen LogP contribution in [0, 0.1) is 10.2 Å². The standard InChI is InChI=1S/C6H15N4.C2H4NO2.ClHO4.Co/c7-1-4-10(5-2-8)6-3-9;3-1-2(4)5;2-1(3,4)5;/h7-9H,1-6H2;3H,1H2,(H,4,5);(H,2,3,4,5);/q-3;-1;;+3/p-1. The van der Waals surface area contributed by atoms with Gasteiger partial charge < -0.3 is 37.7 Å². The summed E-state index contributed by atoms with van der Waals surface area (Å²) >= 11 is 0. The molecule has 0 rings (SSSR count). The second kappa shape index (κ2) is 19.9. The molecule has 0 spiro atoms. The smallest absolute Gasteiger partial charge is 0.676 e. The molecule has 0 aliphatic carbocycles. The third-order valence-corrected chi connectivity index (χ3v) is 1.43. The molecule has 0 aromatic carbocycles. The van der Waals surface area contributed by atoms with Crippen LogP contribution in [0.15, 0.2) is 0 Å². The molecule has 130 valence electrons. The van der Waals surface area contributed by atoms with E-state index in [2.05, 4.69) is 0 Å². The fourth-order valence-electron chi connectivity index (χ4n) is 0.810. The Morgan fingerprint density at radius 3 is 1.24 bits per heavy atom. The summed E-state index contributed by atoms with van der Waals surface area (Å²) < 4.78 is 32.7.